The minimum Gasteiger partial charge on any atom is -0.497 e. The van der Waals surface area contributed by atoms with Crippen molar-refractivity contribution in [3.05, 3.63) is 42.0 Å². The van der Waals surface area contributed by atoms with Gasteiger partial charge in [0, 0.05) is 6.04 Å². The van der Waals surface area contributed by atoms with E-state index in [4.69, 9.17) is 10.5 Å². The molecule has 1 atom stereocenters. The molecule has 2 heteroatoms. The molecule has 1 aromatic carbocycles. The highest BCUT2D eigenvalue weighted by Crippen LogP contribution is 2.13. The first-order valence-corrected chi connectivity index (χ1v) is 4.67. The summed E-state index contributed by atoms with van der Waals surface area (Å²) < 4.78 is 5.07. The van der Waals surface area contributed by atoms with Gasteiger partial charge in [0.25, 0.3) is 0 Å². The molecule has 0 aliphatic heterocycles. The monoisotopic (exact) mass is 191 g/mol. The van der Waals surface area contributed by atoms with Gasteiger partial charge >= 0.3 is 0 Å². The summed E-state index contributed by atoms with van der Waals surface area (Å²) in [6, 6.07) is 7.99. The Morgan fingerprint density at radius 3 is 2.43 bits per heavy atom. The van der Waals surface area contributed by atoms with Gasteiger partial charge in [0.05, 0.1) is 7.11 Å². The molecule has 0 spiro atoms. The SMILES string of the molecule is C=C(C)C(N)Cc1ccc(OC)cc1. The number of ether oxygens (including phenoxy) is 1. The second-order valence-electron chi connectivity index (χ2n) is 3.51. The summed E-state index contributed by atoms with van der Waals surface area (Å²) >= 11 is 0. The van der Waals surface area contributed by atoms with Gasteiger partial charge in [-0.3, -0.25) is 0 Å². The summed E-state index contributed by atoms with van der Waals surface area (Å²) in [5.41, 5.74) is 8.11. The maximum absolute atomic E-state index is 5.89. The van der Waals surface area contributed by atoms with Crippen LogP contribution in [0.2, 0.25) is 0 Å². The number of rotatable bonds is 4. The lowest BCUT2D eigenvalue weighted by molar-refractivity contribution is 0.414. The third-order valence-electron chi connectivity index (χ3n) is 2.25. The van der Waals surface area contributed by atoms with Gasteiger partial charge in [0.1, 0.15) is 5.75 Å². The van der Waals surface area contributed by atoms with Gasteiger partial charge in [0.15, 0.2) is 0 Å². The van der Waals surface area contributed by atoms with Crippen molar-refractivity contribution >= 4 is 0 Å². The van der Waals surface area contributed by atoms with Crippen LogP contribution < -0.4 is 10.5 Å². The first kappa shape index (κ1) is 10.8. The Morgan fingerprint density at radius 2 is 2.00 bits per heavy atom. The highest BCUT2D eigenvalue weighted by Gasteiger charge is 2.04. The van der Waals surface area contributed by atoms with Crippen molar-refractivity contribution < 1.29 is 4.74 Å². The number of nitrogens with two attached hydrogens (primary N) is 1. The summed E-state index contributed by atoms with van der Waals surface area (Å²) in [5, 5.41) is 0. The third-order valence-corrected chi connectivity index (χ3v) is 2.25. The third kappa shape index (κ3) is 2.89. The molecule has 2 N–H and O–H groups in total. The van der Waals surface area contributed by atoms with Gasteiger partial charge in [-0.1, -0.05) is 24.3 Å². The van der Waals surface area contributed by atoms with Crippen LogP contribution in [0.4, 0.5) is 0 Å². The van der Waals surface area contributed by atoms with Gasteiger partial charge in [-0.15, -0.1) is 0 Å². The van der Waals surface area contributed by atoms with E-state index in [1.807, 2.05) is 31.2 Å². The molecule has 1 rings (SSSR count). The van der Waals surface area contributed by atoms with Crippen LogP contribution in [0.1, 0.15) is 12.5 Å². The summed E-state index contributed by atoms with van der Waals surface area (Å²) in [7, 11) is 1.66. The zero-order valence-electron chi connectivity index (χ0n) is 8.79. The molecule has 0 aromatic heterocycles. The average molecular weight is 191 g/mol. The van der Waals surface area contributed by atoms with Crippen LogP contribution in [-0.4, -0.2) is 13.2 Å². The smallest absolute Gasteiger partial charge is 0.118 e. The molecule has 0 fully saturated rings. The molecule has 14 heavy (non-hydrogen) atoms. The molecule has 2 nitrogen and oxygen atoms in total. The van der Waals surface area contributed by atoms with E-state index in [2.05, 4.69) is 6.58 Å². The highest BCUT2D eigenvalue weighted by molar-refractivity contribution is 5.28. The Hall–Kier alpha value is -1.28. The summed E-state index contributed by atoms with van der Waals surface area (Å²) in [4.78, 5) is 0. The minimum atomic E-state index is 0.0448. The van der Waals surface area contributed by atoms with Crippen molar-refractivity contribution in [3.63, 3.8) is 0 Å². The van der Waals surface area contributed by atoms with Crippen molar-refractivity contribution in [1.29, 1.82) is 0 Å². The van der Waals surface area contributed by atoms with Gasteiger partial charge in [-0.05, 0) is 31.0 Å². The average Bonchev–Trinajstić information content (AvgIpc) is 2.19. The predicted molar refractivity (Wildman–Crippen MR) is 59.5 cm³/mol. The zero-order chi connectivity index (χ0) is 10.6. The van der Waals surface area contributed by atoms with Crippen molar-refractivity contribution in [2.24, 2.45) is 5.73 Å². The quantitative estimate of drug-likeness (QED) is 0.740. The molecule has 0 saturated heterocycles. The van der Waals surface area contributed by atoms with E-state index in [1.54, 1.807) is 7.11 Å². The first-order chi connectivity index (χ1) is 6.63. The normalized spacial score (nSPS) is 12.2. The molecule has 0 radical (unpaired) electrons. The lowest BCUT2D eigenvalue weighted by Gasteiger charge is -2.11. The van der Waals surface area contributed by atoms with Crippen LogP contribution in [0.25, 0.3) is 0 Å². The molecule has 0 aliphatic carbocycles. The molecule has 0 aliphatic rings. The van der Waals surface area contributed by atoms with E-state index in [1.165, 1.54) is 5.56 Å². The van der Waals surface area contributed by atoms with Crippen LogP contribution in [-0.2, 0) is 6.42 Å². The molecular formula is C12H17NO. The first-order valence-electron chi connectivity index (χ1n) is 4.67. The number of hydrogen-bond acceptors (Lipinski definition) is 2. The predicted octanol–water partition coefficient (Wildman–Crippen LogP) is 2.14. The van der Waals surface area contributed by atoms with E-state index in [0.29, 0.717) is 0 Å². The summed E-state index contributed by atoms with van der Waals surface area (Å²) in [6.45, 7) is 5.79. The van der Waals surface area contributed by atoms with Crippen LogP contribution >= 0.6 is 0 Å². The Kier molecular flexibility index (Phi) is 3.72. The topological polar surface area (TPSA) is 35.2 Å². The molecule has 1 unspecified atom stereocenters. The van der Waals surface area contributed by atoms with Crippen molar-refractivity contribution in [2.75, 3.05) is 7.11 Å². The standard InChI is InChI=1S/C12H17NO/c1-9(2)12(13)8-10-4-6-11(14-3)7-5-10/h4-7,12H,1,8,13H2,2-3H3. The number of methoxy groups -OCH3 is 1. The van der Waals surface area contributed by atoms with E-state index in [-0.39, 0.29) is 6.04 Å². The minimum absolute atomic E-state index is 0.0448. The van der Waals surface area contributed by atoms with Crippen LogP contribution in [0, 0.1) is 0 Å². The lowest BCUT2D eigenvalue weighted by Crippen LogP contribution is -2.23. The molecule has 1 aromatic rings. The van der Waals surface area contributed by atoms with Gasteiger partial charge < -0.3 is 10.5 Å². The molecule has 0 saturated carbocycles. The second-order valence-corrected chi connectivity index (χ2v) is 3.51. The summed E-state index contributed by atoms with van der Waals surface area (Å²) in [6.07, 6.45) is 0.833. The molecule has 0 bridgehead atoms. The molecule has 76 valence electrons. The maximum atomic E-state index is 5.89. The van der Waals surface area contributed by atoms with E-state index >= 15 is 0 Å². The fourth-order valence-corrected chi connectivity index (χ4v) is 1.19. The van der Waals surface area contributed by atoms with Crippen molar-refractivity contribution in [3.8, 4) is 5.75 Å². The van der Waals surface area contributed by atoms with Crippen LogP contribution in [0.15, 0.2) is 36.4 Å². The maximum Gasteiger partial charge on any atom is 0.118 e. The van der Waals surface area contributed by atoms with Crippen LogP contribution in [0.5, 0.6) is 5.75 Å². The van der Waals surface area contributed by atoms with Gasteiger partial charge in [-0.25, -0.2) is 0 Å². The largest absolute Gasteiger partial charge is 0.497 e. The Balaban J connectivity index is 2.64. The fourth-order valence-electron chi connectivity index (χ4n) is 1.19. The number of benzene rings is 1. The Bertz CT molecular complexity index is 303. The molecule has 0 amide bonds. The Morgan fingerprint density at radius 1 is 1.43 bits per heavy atom. The van der Waals surface area contributed by atoms with Crippen molar-refractivity contribution in [1.82, 2.24) is 0 Å². The van der Waals surface area contributed by atoms with E-state index in [9.17, 15) is 0 Å². The highest BCUT2D eigenvalue weighted by atomic mass is 16.5. The molecule has 0 heterocycles. The van der Waals surface area contributed by atoms with Crippen LogP contribution in [0.3, 0.4) is 0 Å². The lowest BCUT2D eigenvalue weighted by atomic mass is 10.0. The van der Waals surface area contributed by atoms with Crippen molar-refractivity contribution in [2.45, 2.75) is 19.4 Å². The number of hydrogen-bond donors (Lipinski definition) is 1. The van der Waals surface area contributed by atoms with E-state index < -0.39 is 0 Å². The zero-order valence-corrected chi connectivity index (χ0v) is 8.79. The van der Waals surface area contributed by atoms with Gasteiger partial charge in [-0.2, -0.15) is 0 Å². The van der Waals surface area contributed by atoms with E-state index in [0.717, 1.165) is 17.7 Å². The Labute approximate surface area is 85.4 Å². The van der Waals surface area contributed by atoms with Gasteiger partial charge in [0.2, 0.25) is 0 Å². The summed E-state index contributed by atoms with van der Waals surface area (Å²) in [5.74, 6) is 0.873. The fraction of sp³-hybridized carbons (Fsp3) is 0.333. The molecular weight excluding hydrogens is 174 g/mol. The second kappa shape index (κ2) is 4.82.